The van der Waals surface area contributed by atoms with E-state index >= 15 is 0 Å². The molecule has 4 rings (SSSR count). The molecule has 26 heavy (non-hydrogen) atoms. The molecular weight excluding hydrogens is 332 g/mol. The van der Waals surface area contributed by atoms with Gasteiger partial charge in [0, 0.05) is 17.6 Å². The van der Waals surface area contributed by atoms with Crippen molar-refractivity contribution >= 4 is 22.7 Å². The van der Waals surface area contributed by atoms with Crippen LogP contribution in [0.4, 0.5) is 0 Å². The zero-order valence-electron chi connectivity index (χ0n) is 14.1. The third-order valence-electron chi connectivity index (χ3n) is 4.62. The summed E-state index contributed by atoms with van der Waals surface area (Å²) in [7, 11) is 0. The number of aromatic nitrogens is 1. The fraction of sp³-hybridized carbons (Fsp3) is 0.150. The Kier molecular flexibility index (Phi) is 3.61. The number of hydrogen-bond acceptors (Lipinski definition) is 5. The molecular formula is C20H16N2O4. The number of phenols is 2. The van der Waals surface area contributed by atoms with Gasteiger partial charge in [-0.25, -0.2) is 4.98 Å². The van der Waals surface area contributed by atoms with E-state index in [1.165, 1.54) is 0 Å². The molecule has 2 aromatic carbocycles. The lowest BCUT2D eigenvalue weighted by atomic mass is 10.0. The van der Waals surface area contributed by atoms with Crippen LogP contribution in [0.25, 0.3) is 10.9 Å². The van der Waals surface area contributed by atoms with Gasteiger partial charge in [-0.2, -0.15) is 0 Å². The summed E-state index contributed by atoms with van der Waals surface area (Å²) in [6.07, 6.45) is 0.491. The van der Waals surface area contributed by atoms with Gasteiger partial charge in [0.15, 0.2) is 5.75 Å². The van der Waals surface area contributed by atoms with Crippen molar-refractivity contribution in [1.82, 2.24) is 9.88 Å². The summed E-state index contributed by atoms with van der Waals surface area (Å²) in [5, 5.41) is 21.3. The number of amides is 2. The quantitative estimate of drug-likeness (QED) is 0.561. The molecule has 0 saturated heterocycles. The van der Waals surface area contributed by atoms with E-state index in [4.69, 9.17) is 0 Å². The molecule has 0 bridgehead atoms. The molecule has 0 unspecified atom stereocenters. The lowest BCUT2D eigenvalue weighted by molar-refractivity contribution is 0.0655. The fourth-order valence-electron chi connectivity index (χ4n) is 3.29. The molecule has 130 valence electrons. The van der Waals surface area contributed by atoms with Gasteiger partial charge < -0.3 is 10.2 Å². The standard InChI is InChI=1S/C20H16N2O4/c1-11-7-8-13-16(21-11)18(24)15-14(17(13)23)19(25)22(20(15)26)10-9-12-5-3-2-4-6-12/h2-8,23-24H,9-10H2,1H3. The molecule has 1 aliphatic rings. The number of pyridine rings is 1. The van der Waals surface area contributed by atoms with Gasteiger partial charge >= 0.3 is 0 Å². The molecule has 0 spiro atoms. The van der Waals surface area contributed by atoms with E-state index in [-0.39, 0.29) is 40.1 Å². The maximum absolute atomic E-state index is 12.7. The fourth-order valence-corrected chi connectivity index (χ4v) is 3.29. The number of carbonyl (C=O) groups excluding carboxylic acids is 2. The van der Waals surface area contributed by atoms with Gasteiger partial charge in [0.25, 0.3) is 11.8 Å². The molecule has 6 nitrogen and oxygen atoms in total. The van der Waals surface area contributed by atoms with Crippen LogP contribution in [0.5, 0.6) is 11.5 Å². The lowest BCUT2D eigenvalue weighted by Gasteiger charge is -2.13. The largest absolute Gasteiger partial charge is 0.506 e. The minimum absolute atomic E-state index is 0.118. The lowest BCUT2D eigenvalue weighted by Crippen LogP contribution is -2.31. The van der Waals surface area contributed by atoms with E-state index in [2.05, 4.69) is 4.98 Å². The summed E-state index contributed by atoms with van der Waals surface area (Å²) in [5.74, 6) is -1.90. The third kappa shape index (κ3) is 2.30. The topological polar surface area (TPSA) is 90.7 Å². The van der Waals surface area contributed by atoms with Crippen LogP contribution < -0.4 is 0 Å². The number of benzene rings is 2. The number of nitrogens with zero attached hydrogens (tertiary/aromatic N) is 2. The van der Waals surface area contributed by atoms with Crippen LogP contribution in [-0.2, 0) is 6.42 Å². The Balaban J connectivity index is 1.77. The molecule has 2 heterocycles. The van der Waals surface area contributed by atoms with Crippen LogP contribution in [0, 0.1) is 6.92 Å². The molecule has 1 aromatic heterocycles. The second-order valence-corrected chi connectivity index (χ2v) is 6.29. The van der Waals surface area contributed by atoms with E-state index in [0.29, 0.717) is 12.1 Å². The van der Waals surface area contributed by atoms with Crippen LogP contribution in [0.3, 0.4) is 0 Å². The first-order valence-electron chi connectivity index (χ1n) is 8.24. The van der Waals surface area contributed by atoms with Gasteiger partial charge in [-0.3, -0.25) is 14.5 Å². The van der Waals surface area contributed by atoms with E-state index in [9.17, 15) is 19.8 Å². The minimum atomic E-state index is -0.612. The maximum Gasteiger partial charge on any atom is 0.265 e. The molecule has 2 amide bonds. The van der Waals surface area contributed by atoms with Crippen molar-refractivity contribution in [2.75, 3.05) is 6.54 Å². The third-order valence-corrected chi connectivity index (χ3v) is 4.62. The van der Waals surface area contributed by atoms with E-state index in [0.717, 1.165) is 10.5 Å². The first kappa shape index (κ1) is 16.1. The van der Waals surface area contributed by atoms with Crippen LogP contribution in [0.2, 0.25) is 0 Å². The summed E-state index contributed by atoms with van der Waals surface area (Å²) in [6.45, 7) is 1.90. The predicted molar refractivity (Wildman–Crippen MR) is 95.3 cm³/mol. The molecule has 0 fully saturated rings. The van der Waals surface area contributed by atoms with Crippen molar-refractivity contribution in [2.45, 2.75) is 13.3 Å². The Labute approximate surface area is 149 Å². The summed E-state index contributed by atoms with van der Waals surface area (Å²) in [6, 6.07) is 12.7. The predicted octanol–water partition coefficient (Wildman–Crippen LogP) is 2.79. The van der Waals surface area contributed by atoms with Crippen molar-refractivity contribution in [2.24, 2.45) is 0 Å². The average Bonchev–Trinajstić information content (AvgIpc) is 2.89. The van der Waals surface area contributed by atoms with Gasteiger partial charge in [0.05, 0.1) is 5.56 Å². The second-order valence-electron chi connectivity index (χ2n) is 6.29. The van der Waals surface area contributed by atoms with Crippen molar-refractivity contribution in [3.05, 3.63) is 64.8 Å². The molecule has 6 heteroatoms. The number of fused-ring (bicyclic) bond motifs is 2. The molecule has 2 N–H and O–H groups in total. The number of rotatable bonds is 3. The zero-order chi connectivity index (χ0) is 18.4. The highest BCUT2D eigenvalue weighted by atomic mass is 16.3. The van der Waals surface area contributed by atoms with Crippen molar-refractivity contribution in [1.29, 1.82) is 0 Å². The molecule has 3 aromatic rings. The van der Waals surface area contributed by atoms with E-state index in [1.54, 1.807) is 19.1 Å². The summed E-state index contributed by atoms with van der Waals surface area (Å²) < 4.78 is 0. The number of phenolic OH excluding ortho intramolecular Hbond substituents is 2. The Morgan fingerprint density at radius 3 is 2.27 bits per heavy atom. The number of carbonyl (C=O) groups is 2. The normalized spacial score (nSPS) is 13.5. The van der Waals surface area contributed by atoms with Gasteiger partial charge in [0.2, 0.25) is 0 Å². The Morgan fingerprint density at radius 1 is 0.923 bits per heavy atom. The Bertz CT molecular complexity index is 1060. The van der Waals surface area contributed by atoms with Crippen molar-refractivity contribution in [3.8, 4) is 11.5 Å². The average molecular weight is 348 g/mol. The van der Waals surface area contributed by atoms with Crippen LogP contribution in [0.15, 0.2) is 42.5 Å². The summed E-state index contributed by atoms with van der Waals surface area (Å²) in [5.41, 5.74) is 1.40. The Hall–Kier alpha value is -3.41. The Morgan fingerprint density at radius 2 is 1.58 bits per heavy atom. The number of imide groups is 1. The zero-order valence-corrected chi connectivity index (χ0v) is 14.1. The molecule has 1 aliphatic heterocycles. The number of hydrogen-bond donors (Lipinski definition) is 2. The highest BCUT2D eigenvalue weighted by molar-refractivity contribution is 6.26. The van der Waals surface area contributed by atoms with Crippen LogP contribution in [0.1, 0.15) is 32.0 Å². The number of aromatic hydroxyl groups is 2. The molecule has 0 atom stereocenters. The number of aryl methyl sites for hydroxylation is 1. The first-order chi connectivity index (χ1) is 12.5. The summed E-state index contributed by atoms with van der Waals surface area (Å²) >= 11 is 0. The maximum atomic E-state index is 12.7. The summed E-state index contributed by atoms with van der Waals surface area (Å²) in [4.78, 5) is 30.7. The van der Waals surface area contributed by atoms with Crippen LogP contribution >= 0.6 is 0 Å². The monoisotopic (exact) mass is 348 g/mol. The SMILES string of the molecule is Cc1ccc2c(O)c3c(c(O)c2n1)C(=O)N(CCc1ccccc1)C3=O. The van der Waals surface area contributed by atoms with Gasteiger partial charge in [0.1, 0.15) is 16.8 Å². The highest BCUT2D eigenvalue weighted by Crippen LogP contribution is 2.43. The van der Waals surface area contributed by atoms with Crippen LogP contribution in [-0.4, -0.2) is 38.5 Å². The van der Waals surface area contributed by atoms with Gasteiger partial charge in [-0.05, 0) is 31.0 Å². The van der Waals surface area contributed by atoms with E-state index < -0.39 is 11.8 Å². The highest BCUT2D eigenvalue weighted by Gasteiger charge is 2.41. The van der Waals surface area contributed by atoms with Crippen molar-refractivity contribution in [3.63, 3.8) is 0 Å². The minimum Gasteiger partial charge on any atom is -0.506 e. The molecule has 0 radical (unpaired) electrons. The van der Waals surface area contributed by atoms with Gasteiger partial charge in [-0.1, -0.05) is 30.3 Å². The smallest absolute Gasteiger partial charge is 0.265 e. The second kappa shape index (κ2) is 5.84. The first-order valence-corrected chi connectivity index (χ1v) is 8.24. The molecule has 0 aliphatic carbocycles. The van der Waals surface area contributed by atoms with E-state index in [1.807, 2.05) is 30.3 Å². The molecule has 0 saturated carbocycles. The van der Waals surface area contributed by atoms with Gasteiger partial charge in [-0.15, -0.1) is 0 Å². The van der Waals surface area contributed by atoms with Crippen molar-refractivity contribution < 1.29 is 19.8 Å².